The maximum Gasteiger partial charge on any atom is 0.0462 e. The Morgan fingerprint density at radius 1 is 0.194 bits per heavy atom. The third kappa shape index (κ3) is 9.83. The van der Waals surface area contributed by atoms with Gasteiger partial charge in [-0.25, -0.2) is 0 Å². The molecule has 0 aliphatic carbocycles. The Bertz CT molecular complexity index is 2820. The fourth-order valence-electron chi connectivity index (χ4n) is 8.96. The number of hydrogen-bond donors (Lipinski definition) is 0. The number of anilines is 3. The summed E-state index contributed by atoms with van der Waals surface area (Å²) in [6.07, 6.45) is 0. The van der Waals surface area contributed by atoms with Gasteiger partial charge in [0.05, 0.1) is 0 Å². The summed E-state index contributed by atoms with van der Waals surface area (Å²) < 4.78 is 0. The van der Waals surface area contributed by atoms with E-state index in [1.54, 1.807) is 0 Å². The van der Waals surface area contributed by atoms with Crippen LogP contribution in [0, 0.1) is 0 Å². The van der Waals surface area contributed by atoms with Crippen LogP contribution in [0.2, 0.25) is 0 Å². The molecular weight excluding hydrogens is 807 g/mol. The zero-order valence-electron chi connectivity index (χ0n) is 39.5. The molecule has 9 aromatic carbocycles. The highest BCUT2D eigenvalue weighted by atomic mass is 15.1. The molecule has 0 amide bonds. The molecule has 0 bridgehead atoms. The lowest BCUT2D eigenvalue weighted by Crippen LogP contribution is -2.09. The Labute approximate surface area is 398 Å². The van der Waals surface area contributed by atoms with Crippen LogP contribution in [0.5, 0.6) is 0 Å². The van der Waals surface area contributed by atoms with E-state index < -0.39 is 0 Å². The van der Waals surface area contributed by atoms with E-state index in [0.29, 0.717) is 0 Å². The molecule has 0 atom stereocenters. The predicted octanol–water partition coefficient (Wildman–Crippen LogP) is 19.0. The minimum atomic E-state index is 1.10. The van der Waals surface area contributed by atoms with Crippen LogP contribution in [0.15, 0.2) is 237 Å². The van der Waals surface area contributed by atoms with E-state index in [1.165, 1.54) is 100 Å². The summed E-state index contributed by atoms with van der Waals surface area (Å²) in [5.41, 5.74) is 25.7. The van der Waals surface area contributed by atoms with E-state index in [-0.39, 0.29) is 0 Å². The van der Waals surface area contributed by atoms with Gasteiger partial charge in [-0.3, -0.25) is 0 Å². The van der Waals surface area contributed by atoms with Crippen LogP contribution in [0.4, 0.5) is 17.1 Å². The zero-order chi connectivity index (χ0) is 46.3. The van der Waals surface area contributed by atoms with Gasteiger partial charge >= 0.3 is 0 Å². The van der Waals surface area contributed by atoms with Crippen molar-refractivity contribution in [1.29, 1.82) is 0 Å². The molecule has 0 aromatic heterocycles. The maximum absolute atomic E-state index is 2.36. The summed E-state index contributed by atoms with van der Waals surface area (Å²) in [6.45, 7) is 13.3. The molecule has 0 aliphatic heterocycles. The molecule has 0 saturated carbocycles. The first kappa shape index (κ1) is 44.2. The van der Waals surface area contributed by atoms with Crippen molar-refractivity contribution in [2.75, 3.05) is 4.90 Å². The van der Waals surface area contributed by atoms with Gasteiger partial charge < -0.3 is 4.90 Å². The van der Waals surface area contributed by atoms with Gasteiger partial charge in [-0.2, -0.15) is 0 Å². The third-order valence-corrected chi connectivity index (χ3v) is 13.6. The highest BCUT2D eigenvalue weighted by molar-refractivity contribution is 5.92. The van der Waals surface area contributed by atoms with Crippen LogP contribution in [0.1, 0.15) is 74.9 Å². The Hall–Kier alpha value is -8.00. The Morgan fingerprint density at radius 2 is 0.358 bits per heavy atom. The quantitative estimate of drug-likeness (QED) is 0.111. The summed E-state index contributed by atoms with van der Waals surface area (Å²) in [5.74, 6) is 0. The van der Waals surface area contributed by atoms with Gasteiger partial charge in [-0.15, -0.1) is 0 Å². The van der Waals surface area contributed by atoms with Crippen molar-refractivity contribution in [3.63, 3.8) is 0 Å². The molecule has 0 radical (unpaired) electrons. The number of hydrogen-bond acceptors (Lipinski definition) is 1. The highest BCUT2D eigenvalue weighted by Gasteiger charge is 2.15. The molecule has 0 heterocycles. The Morgan fingerprint density at radius 3 is 0.552 bits per heavy atom. The van der Waals surface area contributed by atoms with Crippen molar-refractivity contribution >= 4 is 50.5 Å². The van der Waals surface area contributed by atoms with Crippen molar-refractivity contribution in [2.45, 2.75) is 41.5 Å². The predicted molar refractivity (Wildman–Crippen MR) is 291 cm³/mol. The summed E-state index contributed by atoms with van der Waals surface area (Å²) in [5, 5.41) is 0. The van der Waals surface area contributed by atoms with Crippen LogP contribution >= 0.6 is 0 Å². The Kier molecular flexibility index (Phi) is 13.2. The van der Waals surface area contributed by atoms with E-state index in [2.05, 4.69) is 283 Å². The molecule has 0 aliphatic rings. The third-order valence-electron chi connectivity index (χ3n) is 13.6. The standard InChI is InChI=1S/C66H57N/c1-46(52-16-10-7-11-17-52)49(4)55-22-28-58(29-23-55)61-34-40-64(41-35-61)67(65-42-36-62(37-43-65)59-30-24-56(25-31-59)50(5)47(2)53-18-12-8-13-19-53)66-44-38-63(39-45-66)60-32-26-57(27-33-60)51(6)48(3)54-20-14-9-15-21-54/h7-45H,1-6H3/b49-46+,50-47+,51-48+. The molecule has 0 unspecified atom stereocenters. The summed E-state index contributed by atoms with van der Waals surface area (Å²) in [7, 11) is 0. The van der Waals surface area contributed by atoms with Gasteiger partial charge in [-0.1, -0.05) is 200 Å². The molecule has 0 saturated heterocycles. The second-order valence-electron chi connectivity index (χ2n) is 17.6. The number of allylic oxidation sites excluding steroid dienone is 6. The topological polar surface area (TPSA) is 3.24 Å². The van der Waals surface area contributed by atoms with E-state index >= 15 is 0 Å². The van der Waals surface area contributed by atoms with E-state index in [0.717, 1.165) is 17.1 Å². The molecule has 1 nitrogen and oxygen atoms in total. The number of nitrogens with zero attached hydrogens (tertiary/aromatic N) is 1. The van der Waals surface area contributed by atoms with Crippen molar-refractivity contribution in [3.05, 3.63) is 270 Å². The summed E-state index contributed by atoms with van der Waals surface area (Å²) in [6, 6.07) is 85.7. The monoisotopic (exact) mass is 863 g/mol. The first-order chi connectivity index (χ1) is 32.7. The van der Waals surface area contributed by atoms with Crippen LogP contribution in [-0.2, 0) is 0 Å². The molecule has 326 valence electrons. The van der Waals surface area contributed by atoms with Gasteiger partial charge in [-0.05, 0) is 178 Å². The van der Waals surface area contributed by atoms with Crippen LogP contribution in [0.3, 0.4) is 0 Å². The molecule has 1 heteroatoms. The normalized spacial score (nSPS) is 12.4. The Balaban J connectivity index is 1.00. The van der Waals surface area contributed by atoms with Gasteiger partial charge in [0.1, 0.15) is 0 Å². The average Bonchev–Trinajstić information content (AvgIpc) is 3.41. The van der Waals surface area contributed by atoms with Gasteiger partial charge in [0.15, 0.2) is 0 Å². The average molecular weight is 864 g/mol. The largest absolute Gasteiger partial charge is 0.311 e. The van der Waals surface area contributed by atoms with E-state index in [4.69, 9.17) is 0 Å². The molecule has 0 N–H and O–H groups in total. The van der Waals surface area contributed by atoms with Crippen molar-refractivity contribution < 1.29 is 0 Å². The molecule has 0 fully saturated rings. The number of rotatable bonds is 12. The summed E-state index contributed by atoms with van der Waals surface area (Å²) in [4.78, 5) is 2.36. The molecular formula is C66H57N. The minimum Gasteiger partial charge on any atom is -0.311 e. The first-order valence-electron chi connectivity index (χ1n) is 23.3. The van der Waals surface area contributed by atoms with E-state index in [1.807, 2.05) is 0 Å². The van der Waals surface area contributed by atoms with E-state index in [9.17, 15) is 0 Å². The van der Waals surface area contributed by atoms with Crippen molar-refractivity contribution in [2.24, 2.45) is 0 Å². The van der Waals surface area contributed by atoms with Gasteiger partial charge in [0, 0.05) is 17.1 Å². The van der Waals surface area contributed by atoms with Crippen molar-refractivity contribution in [3.8, 4) is 33.4 Å². The molecule has 9 rings (SSSR count). The minimum absolute atomic E-state index is 1.10. The lowest BCUT2D eigenvalue weighted by Gasteiger charge is -2.26. The fourth-order valence-corrected chi connectivity index (χ4v) is 8.96. The smallest absolute Gasteiger partial charge is 0.0462 e. The lowest BCUT2D eigenvalue weighted by molar-refractivity contribution is 1.28. The first-order valence-corrected chi connectivity index (χ1v) is 23.3. The second kappa shape index (κ2) is 20.0. The summed E-state index contributed by atoms with van der Waals surface area (Å²) >= 11 is 0. The highest BCUT2D eigenvalue weighted by Crippen LogP contribution is 2.39. The van der Waals surface area contributed by atoms with Crippen molar-refractivity contribution in [1.82, 2.24) is 0 Å². The molecule has 9 aromatic rings. The second-order valence-corrected chi connectivity index (χ2v) is 17.6. The number of benzene rings is 9. The fraction of sp³-hybridized carbons (Fsp3) is 0.0909. The zero-order valence-corrected chi connectivity index (χ0v) is 39.5. The lowest BCUT2D eigenvalue weighted by atomic mass is 9.95. The van der Waals surface area contributed by atoms with Crippen LogP contribution < -0.4 is 4.90 Å². The van der Waals surface area contributed by atoms with Gasteiger partial charge in [0.25, 0.3) is 0 Å². The molecule has 67 heavy (non-hydrogen) atoms. The van der Waals surface area contributed by atoms with Crippen LogP contribution in [0.25, 0.3) is 66.8 Å². The SMILES string of the molecule is C/C(=C(/C)c1ccc(-c2ccc(N(c3ccc(-c4ccc(/C(C)=C(\C)c5ccccc5)cc4)cc3)c3ccc(-c4ccc(/C(C)=C(\C)c5ccccc5)cc4)cc3)cc2)cc1)c1ccccc1. The van der Waals surface area contributed by atoms with Gasteiger partial charge in [0.2, 0.25) is 0 Å². The molecule has 0 spiro atoms. The van der Waals surface area contributed by atoms with Crippen LogP contribution in [-0.4, -0.2) is 0 Å². The maximum atomic E-state index is 2.36.